The van der Waals surface area contributed by atoms with E-state index in [9.17, 15) is 4.79 Å². The van der Waals surface area contributed by atoms with Gasteiger partial charge in [-0.2, -0.15) is 0 Å². The molecule has 2 heterocycles. The highest BCUT2D eigenvalue weighted by atomic mass is 127. The van der Waals surface area contributed by atoms with E-state index < -0.39 is 0 Å². The minimum Gasteiger partial charge on any atom is -0.368 e. The minimum atomic E-state index is -0.267. The van der Waals surface area contributed by atoms with Crippen LogP contribution >= 0.6 is 22.6 Å². The Morgan fingerprint density at radius 1 is 1.64 bits per heavy atom. The Morgan fingerprint density at radius 2 is 2.43 bits per heavy atom. The van der Waals surface area contributed by atoms with E-state index in [2.05, 4.69) is 27.6 Å². The predicted octanol–water partition coefficient (Wildman–Crippen LogP) is 0.750. The SMILES string of the molecule is NC(=O)C1CCN1c1ccc(I)cn1. The first-order valence-corrected chi connectivity index (χ1v) is 5.44. The monoisotopic (exact) mass is 303 g/mol. The molecule has 74 valence electrons. The average Bonchev–Trinajstić information content (AvgIpc) is 2.05. The molecule has 0 spiro atoms. The summed E-state index contributed by atoms with van der Waals surface area (Å²) in [6.45, 7) is 0.862. The number of rotatable bonds is 2. The van der Waals surface area contributed by atoms with Gasteiger partial charge < -0.3 is 10.6 Å². The van der Waals surface area contributed by atoms with Gasteiger partial charge in [0.05, 0.1) is 0 Å². The molecule has 1 aliphatic heterocycles. The molecule has 1 saturated heterocycles. The zero-order valence-electron chi connectivity index (χ0n) is 7.48. The van der Waals surface area contributed by atoms with Crippen LogP contribution in [0.3, 0.4) is 0 Å². The molecule has 1 aromatic rings. The second-order valence-electron chi connectivity index (χ2n) is 3.23. The summed E-state index contributed by atoms with van der Waals surface area (Å²) in [5.74, 6) is 0.567. The zero-order chi connectivity index (χ0) is 10.1. The van der Waals surface area contributed by atoms with Gasteiger partial charge in [-0.1, -0.05) is 0 Å². The Morgan fingerprint density at radius 3 is 2.86 bits per heavy atom. The van der Waals surface area contributed by atoms with Gasteiger partial charge in [0, 0.05) is 16.3 Å². The lowest BCUT2D eigenvalue weighted by molar-refractivity contribution is -0.120. The number of carbonyl (C=O) groups is 1. The smallest absolute Gasteiger partial charge is 0.240 e. The highest BCUT2D eigenvalue weighted by Crippen LogP contribution is 2.24. The fourth-order valence-corrected chi connectivity index (χ4v) is 1.81. The van der Waals surface area contributed by atoms with Gasteiger partial charge in [0.15, 0.2) is 0 Å². The van der Waals surface area contributed by atoms with E-state index in [1.807, 2.05) is 17.0 Å². The molecule has 2 N–H and O–H groups in total. The number of carbonyl (C=O) groups excluding carboxylic acids is 1. The normalized spacial score (nSPS) is 20.4. The number of hydrogen-bond acceptors (Lipinski definition) is 3. The van der Waals surface area contributed by atoms with Crippen molar-refractivity contribution in [3.8, 4) is 0 Å². The van der Waals surface area contributed by atoms with E-state index in [0.29, 0.717) is 0 Å². The summed E-state index contributed by atoms with van der Waals surface area (Å²) in [5.41, 5.74) is 5.25. The molecule has 1 unspecified atom stereocenters. The molecule has 1 amide bonds. The maximum atomic E-state index is 11.0. The number of nitrogens with zero attached hydrogens (tertiary/aromatic N) is 2. The summed E-state index contributed by atoms with van der Waals surface area (Å²) in [6, 6.07) is 3.72. The Balaban J connectivity index is 2.16. The van der Waals surface area contributed by atoms with Crippen molar-refractivity contribution in [2.75, 3.05) is 11.4 Å². The standard InChI is InChI=1S/C9H10IN3O/c10-6-1-2-8(12-5-6)13-4-3-7(13)9(11)14/h1-2,5,7H,3-4H2,(H2,11,14). The molecular formula is C9H10IN3O. The number of aromatic nitrogens is 1. The van der Waals surface area contributed by atoms with E-state index >= 15 is 0 Å². The third kappa shape index (κ3) is 1.68. The zero-order valence-corrected chi connectivity index (χ0v) is 9.64. The van der Waals surface area contributed by atoms with E-state index in [0.717, 1.165) is 22.4 Å². The van der Waals surface area contributed by atoms with Crippen LogP contribution in [-0.4, -0.2) is 23.5 Å². The number of primary amides is 1. The van der Waals surface area contributed by atoms with Crippen LogP contribution < -0.4 is 10.6 Å². The molecule has 1 atom stereocenters. The summed E-state index contributed by atoms with van der Waals surface area (Å²) < 4.78 is 1.09. The van der Waals surface area contributed by atoms with Crippen LogP contribution in [0.15, 0.2) is 18.3 Å². The van der Waals surface area contributed by atoms with E-state index in [-0.39, 0.29) is 11.9 Å². The van der Waals surface area contributed by atoms with Gasteiger partial charge in [-0.3, -0.25) is 4.79 Å². The molecule has 14 heavy (non-hydrogen) atoms. The Bertz CT molecular complexity index is 352. The van der Waals surface area contributed by atoms with Crippen LogP contribution in [-0.2, 0) is 4.79 Å². The molecule has 0 aromatic carbocycles. The van der Waals surface area contributed by atoms with E-state index in [4.69, 9.17) is 5.73 Å². The van der Waals surface area contributed by atoms with Crippen LogP contribution in [0, 0.1) is 3.57 Å². The van der Waals surface area contributed by atoms with Crippen LogP contribution in [0.2, 0.25) is 0 Å². The number of nitrogens with two attached hydrogens (primary N) is 1. The van der Waals surface area contributed by atoms with Crippen molar-refractivity contribution in [3.63, 3.8) is 0 Å². The molecule has 1 aromatic heterocycles. The van der Waals surface area contributed by atoms with Gasteiger partial charge in [-0.15, -0.1) is 0 Å². The Labute approximate surface area is 95.6 Å². The summed E-state index contributed by atoms with van der Waals surface area (Å²) in [4.78, 5) is 17.2. The van der Waals surface area contributed by atoms with Crippen molar-refractivity contribution in [1.82, 2.24) is 4.98 Å². The van der Waals surface area contributed by atoms with Crippen LogP contribution in [0.25, 0.3) is 0 Å². The molecule has 2 rings (SSSR count). The summed E-state index contributed by atoms with van der Waals surface area (Å²) >= 11 is 2.20. The largest absolute Gasteiger partial charge is 0.368 e. The third-order valence-electron chi connectivity index (χ3n) is 2.35. The Kier molecular flexibility index (Phi) is 2.58. The first-order valence-electron chi connectivity index (χ1n) is 4.36. The topological polar surface area (TPSA) is 59.2 Å². The van der Waals surface area contributed by atoms with Crippen LogP contribution in [0.5, 0.6) is 0 Å². The van der Waals surface area contributed by atoms with Crippen molar-refractivity contribution >= 4 is 34.3 Å². The first-order chi connectivity index (χ1) is 6.68. The molecule has 1 aliphatic rings. The molecule has 0 aliphatic carbocycles. The van der Waals surface area contributed by atoms with E-state index in [1.54, 1.807) is 6.20 Å². The highest BCUT2D eigenvalue weighted by Gasteiger charge is 2.33. The van der Waals surface area contributed by atoms with Crippen molar-refractivity contribution in [1.29, 1.82) is 0 Å². The fourth-order valence-electron chi connectivity index (χ4n) is 1.50. The lowest BCUT2D eigenvalue weighted by Crippen LogP contribution is -2.55. The summed E-state index contributed by atoms with van der Waals surface area (Å²) in [7, 11) is 0. The number of anilines is 1. The van der Waals surface area contributed by atoms with Crippen molar-refractivity contribution < 1.29 is 4.79 Å². The molecule has 5 heteroatoms. The molecular weight excluding hydrogens is 293 g/mol. The Hall–Kier alpha value is -0.850. The maximum absolute atomic E-state index is 11.0. The molecule has 0 bridgehead atoms. The molecule has 0 radical (unpaired) electrons. The maximum Gasteiger partial charge on any atom is 0.240 e. The summed E-state index contributed by atoms with van der Waals surface area (Å²) in [6.07, 6.45) is 2.62. The van der Waals surface area contributed by atoms with Gasteiger partial charge in [0.1, 0.15) is 11.9 Å². The number of hydrogen-bond donors (Lipinski definition) is 1. The van der Waals surface area contributed by atoms with Crippen molar-refractivity contribution in [3.05, 3.63) is 21.9 Å². The second kappa shape index (κ2) is 3.72. The third-order valence-corrected chi connectivity index (χ3v) is 2.99. The molecule has 4 nitrogen and oxygen atoms in total. The second-order valence-corrected chi connectivity index (χ2v) is 4.48. The fraction of sp³-hybridized carbons (Fsp3) is 0.333. The van der Waals surface area contributed by atoms with Gasteiger partial charge in [-0.05, 0) is 41.1 Å². The van der Waals surface area contributed by atoms with Crippen LogP contribution in [0.4, 0.5) is 5.82 Å². The highest BCUT2D eigenvalue weighted by molar-refractivity contribution is 14.1. The molecule has 1 fully saturated rings. The van der Waals surface area contributed by atoms with Crippen molar-refractivity contribution in [2.24, 2.45) is 5.73 Å². The van der Waals surface area contributed by atoms with Gasteiger partial charge in [0.2, 0.25) is 5.91 Å². The first kappa shape index (κ1) is 9.70. The van der Waals surface area contributed by atoms with Gasteiger partial charge in [-0.25, -0.2) is 4.98 Å². The molecule has 0 saturated carbocycles. The predicted molar refractivity (Wildman–Crippen MR) is 61.9 cm³/mol. The van der Waals surface area contributed by atoms with Crippen LogP contribution in [0.1, 0.15) is 6.42 Å². The number of amides is 1. The van der Waals surface area contributed by atoms with Gasteiger partial charge >= 0.3 is 0 Å². The van der Waals surface area contributed by atoms with E-state index in [1.165, 1.54) is 0 Å². The number of pyridine rings is 1. The summed E-state index contributed by atoms with van der Waals surface area (Å²) in [5, 5.41) is 0. The quantitative estimate of drug-likeness (QED) is 0.820. The van der Waals surface area contributed by atoms with Crippen molar-refractivity contribution in [2.45, 2.75) is 12.5 Å². The van der Waals surface area contributed by atoms with Gasteiger partial charge in [0.25, 0.3) is 0 Å². The lowest BCUT2D eigenvalue weighted by atomic mass is 10.0. The lowest BCUT2D eigenvalue weighted by Gasteiger charge is -2.39. The minimum absolute atomic E-state index is 0.164. The number of halogens is 1. The average molecular weight is 303 g/mol.